The first-order valence-corrected chi connectivity index (χ1v) is 8.67. The number of hydrogen-bond acceptors (Lipinski definition) is 2. The molecule has 0 amide bonds. The Labute approximate surface area is 142 Å². The first-order valence-electron chi connectivity index (χ1n) is 7.88. The van der Waals surface area contributed by atoms with Gasteiger partial charge >= 0.3 is 0 Å². The van der Waals surface area contributed by atoms with Crippen molar-refractivity contribution in [2.24, 2.45) is 0 Å². The quantitative estimate of drug-likeness (QED) is 0.623. The number of benzene rings is 1. The van der Waals surface area contributed by atoms with Crippen molar-refractivity contribution in [3.63, 3.8) is 0 Å². The van der Waals surface area contributed by atoms with Gasteiger partial charge in [0.05, 0.1) is 17.6 Å². The van der Waals surface area contributed by atoms with Crippen LogP contribution < -0.4 is 0 Å². The van der Waals surface area contributed by atoms with E-state index in [1.54, 1.807) is 12.3 Å². The van der Waals surface area contributed by atoms with Gasteiger partial charge < -0.3 is 0 Å². The molecule has 0 saturated heterocycles. The van der Waals surface area contributed by atoms with Gasteiger partial charge in [0.2, 0.25) is 0 Å². The lowest BCUT2D eigenvalue weighted by molar-refractivity contribution is 0.598. The number of hydrogen-bond donors (Lipinski definition) is 0. The van der Waals surface area contributed by atoms with Gasteiger partial charge in [-0.25, -0.2) is 9.37 Å². The SMILES string of the molecule is CC(C)c1cc(-c2cn3c(Br)c(C4CC4)nc3cn2)ccc1F. The van der Waals surface area contributed by atoms with Gasteiger partial charge in [-0.3, -0.25) is 9.38 Å². The third kappa shape index (κ3) is 2.57. The smallest absolute Gasteiger partial charge is 0.156 e. The molecule has 0 unspecified atom stereocenters. The van der Waals surface area contributed by atoms with Gasteiger partial charge in [0.25, 0.3) is 0 Å². The van der Waals surface area contributed by atoms with Crippen molar-refractivity contribution in [1.29, 1.82) is 0 Å². The molecule has 0 atom stereocenters. The maximum absolute atomic E-state index is 13.9. The molecular weight excluding hydrogens is 357 g/mol. The first kappa shape index (κ1) is 14.8. The van der Waals surface area contributed by atoms with E-state index < -0.39 is 0 Å². The second-order valence-corrected chi connectivity index (χ2v) is 7.20. The second-order valence-electron chi connectivity index (χ2n) is 6.45. The monoisotopic (exact) mass is 373 g/mol. The minimum absolute atomic E-state index is 0.139. The Bertz CT molecular complexity index is 897. The minimum atomic E-state index is -0.162. The van der Waals surface area contributed by atoms with Crippen molar-refractivity contribution in [3.8, 4) is 11.3 Å². The summed E-state index contributed by atoms with van der Waals surface area (Å²) in [6.45, 7) is 3.99. The van der Waals surface area contributed by atoms with Gasteiger partial charge in [-0.05, 0) is 58.5 Å². The van der Waals surface area contributed by atoms with Gasteiger partial charge in [-0.1, -0.05) is 13.8 Å². The summed E-state index contributed by atoms with van der Waals surface area (Å²) >= 11 is 3.66. The van der Waals surface area contributed by atoms with Gasteiger partial charge in [0.1, 0.15) is 10.4 Å². The number of aromatic nitrogens is 3. The maximum atomic E-state index is 13.9. The Morgan fingerprint density at radius 2 is 2.09 bits per heavy atom. The average molecular weight is 374 g/mol. The van der Waals surface area contributed by atoms with Crippen LogP contribution in [0.4, 0.5) is 4.39 Å². The number of rotatable bonds is 3. The molecule has 3 nitrogen and oxygen atoms in total. The highest BCUT2D eigenvalue weighted by Gasteiger charge is 2.29. The molecule has 1 aliphatic rings. The van der Waals surface area contributed by atoms with Crippen molar-refractivity contribution < 1.29 is 4.39 Å². The molecule has 1 aromatic carbocycles. The van der Waals surface area contributed by atoms with Crippen molar-refractivity contribution in [3.05, 3.63) is 52.3 Å². The molecule has 1 saturated carbocycles. The number of imidazole rings is 1. The summed E-state index contributed by atoms with van der Waals surface area (Å²) in [4.78, 5) is 9.18. The molecule has 4 rings (SSSR count). The summed E-state index contributed by atoms with van der Waals surface area (Å²) in [6.07, 6.45) is 6.16. The molecule has 2 heterocycles. The van der Waals surface area contributed by atoms with E-state index in [-0.39, 0.29) is 11.7 Å². The molecule has 2 aromatic heterocycles. The van der Waals surface area contributed by atoms with Gasteiger partial charge in [0.15, 0.2) is 5.65 Å². The molecule has 23 heavy (non-hydrogen) atoms. The normalized spacial score (nSPS) is 14.8. The van der Waals surface area contributed by atoms with Crippen LogP contribution in [0.15, 0.2) is 35.2 Å². The van der Waals surface area contributed by atoms with Crippen LogP contribution in [0, 0.1) is 5.82 Å². The number of fused-ring (bicyclic) bond motifs is 1. The van der Waals surface area contributed by atoms with E-state index in [9.17, 15) is 4.39 Å². The molecule has 1 fully saturated rings. The van der Waals surface area contributed by atoms with E-state index >= 15 is 0 Å². The molecule has 0 aliphatic heterocycles. The van der Waals surface area contributed by atoms with Gasteiger partial charge in [0, 0.05) is 17.7 Å². The van der Waals surface area contributed by atoms with E-state index in [2.05, 4.69) is 25.9 Å². The van der Waals surface area contributed by atoms with Crippen LogP contribution in [0.5, 0.6) is 0 Å². The zero-order valence-electron chi connectivity index (χ0n) is 13.1. The van der Waals surface area contributed by atoms with Crippen molar-refractivity contribution >= 4 is 21.6 Å². The first-order chi connectivity index (χ1) is 11.0. The molecule has 0 spiro atoms. The molecule has 0 N–H and O–H groups in total. The summed E-state index contributed by atoms with van der Waals surface area (Å²) in [7, 11) is 0. The predicted molar refractivity (Wildman–Crippen MR) is 92.1 cm³/mol. The molecule has 1 aliphatic carbocycles. The lowest BCUT2D eigenvalue weighted by atomic mass is 9.99. The molecular formula is C18H17BrFN3. The molecule has 0 radical (unpaired) electrons. The largest absolute Gasteiger partial charge is 0.290 e. The summed E-state index contributed by atoms with van der Waals surface area (Å²) in [6, 6.07) is 5.19. The van der Waals surface area contributed by atoms with Gasteiger partial charge in [-0.2, -0.15) is 0 Å². The van der Waals surface area contributed by atoms with E-state index in [0.29, 0.717) is 11.5 Å². The fraction of sp³-hybridized carbons (Fsp3) is 0.333. The standard InChI is InChI=1S/C18H17BrFN3/c1-10(2)13-7-12(5-6-14(13)20)15-9-23-16(8-21-15)22-17(18(23)19)11-3-4-11/h5-11H,3-4H2,1-2H3. The van der Waals surface area contributed by atoms with E-state index in [1.165, 1.54) is 18.9 Å². The van der Waals surface area contributed by atoms with E-state index in [1.807, 2.05) is 30.5 Å². The second kappa shape index (κ2) is 5.41. The zero-order chi connectivity index (χ0) is 16.1. The topological polar surface area (TPSA) is 30.2 Å². The Morgan fingerprint density at radius 1 is 1.30 bits per heavy atom. The Kier molecular flexibility index (Phi) is 3.48. The third-order valence-electron chi connectivity index (χ3n) is 4.35. The number of nitrogens with zero attached hydrogens (tertiary/aromatic N) is 3. The van der Waals surface area contributed by atoms with Gasteiger partial charge in [-0.15, -0.1) is 0 Å². The Balaban J connectivity index is 1.83. The minimum Gasteiger partial charge on any atom is -0.290 e. The summed E-state index contributed by atoms with van der Waals surface area (Å²) in [5, 5.41) is 0. The van der Waals surface area contributed by atoms with Crippen LogP contribution in [0.3, 0.4) is 0 Å². The van der Waals surface area contributed by atoms with Crippen LogP contribution in [0.2, 0.25) is 0 Å². The highest BCUT2D eigenvalue weighted by atomic mass is 79.9. The highest BCUT2D eigenvalue weighted by Crippen LogP contribution is 2.43. The van der Waals surface area contributed by atoms with Crippen molar-refractivity contribution in [1.82, 2.24) is 14.4 Å². The summed E-state index contributed by atoms with van der Waals surface area (Å²) < 4.78 is 16.9. The average Bonchev–Trinajstić information content (AvgIpc) is 3.32. The van der Waals surface area contributed by atoms with Crippen LogP contribution in [-0.2, 0) is 0 Å². The molecule has 3 aromatic rings. The van der Waals surface area contributed by atoms with Crippen LogP contribution in [0.1, 0.15) is 49.8 Å². The van der Waals surface area contributed by atoms with Crippen LogP contribution >= 0.6 is 15.9 Å². The third-order valence-corrected chi connectivity index (χ3v) is 5.14. The fourth-order valence-corrected chi connectivity index (χ4v) is 3.55. The summed E-state index contributed by atoms with van der Waals surface area (Å²) in [5.74, 6) is 0.552. The van der Waals surface area contributed by atoms with E-state index in [4.69, 9.17) is 0 Å². The summed E-state index contributed by atoms with van der Waals surface area (Å²) in [5.41, 5.74) is 4.41. The number of halogens is 2. The molecule has 0 bridgehead atoms. The van der Waals surface area contributed by atoms with Crippen molar-refractivity contribution in [2.75, 3.05) is 0 Å². The van der Waals surface area contributed by atoms with Crippen LogP contribution in [-0.4, -0.2) is 14.4 Å². The van der Waals surface area contributed by atoms with Crippen molar-refractivity contribution in [2.45, 2.75) is 38.5 Å². The lowest BCUT2D eigenvalue weighted by Crippen LogP contribution is -1.96. The Morgan fingerprint density at radius 3 is 2.78 bits per heavy atom. The van der Waals surface area contributed by atoms with Crippen LogP contribution in [0.25, 0.3) is 16.9 Å². The zero-order valence-corrected chi connectivity index (χ0v) is 14.6. The van der Waals surface area contributed by atoms with E-state index in [0.717, 1.165) is 27.2 Å². The molecule has 118 valence electrons. The predicted octanol–water partition coefficient (Wildman–Crippen LogP) is 5.30. The highest BCUT2D eigenvalue weighted by molar-refractivity contribution is 9.10. The fourth-order valence-electron chi connectivity index (χ4n) is 2.86. The molecule has 5 heteroatoms. The lowest BCUT2D eigenvalue weighted by Gasteiger charge is -2.10. The Hall–Kier alpha value is -1.75. The maximum Gasteiger partial charge on any atom is 0.156 e.